The molecule has 42 heavy (non-hydrogen) atoms. The number of fused-ring (bicyclic) bond motifs is 5. The van der Waals surface area contributed by atoms with E-state index in [0.717, 1.165) is 5.56 Å². The average Bonchev–Trinajstić information content (AvgIpc) is 3.47. The second kappa shape index (κ2) is 9.34. The molecule has 8 heteroatoms. The van der Waals surface area contributed by atoms with Crippen molar-refractivity contribution in [1.29, 1.82) is 0 Å². The van der Waals surface area contributed by atoms with Crippen LogP contribution in [0.1, 0.15) is 48.1 Å². The number of Topliss-reactive ketones (excluding diaryl/α,β-unsaturated/α-hetero) is 3. The number of nitrogens with zero attached hydrogens (tertiary/aromatic N) is 2. The van der Waals surface area contributed by atoms with Crippen molar-refractivity contribution in [2.75, 3.05) is 12.0 Å². The summed E-state index contributed by atoms with van der Waals surface area (Å²) in [6.45, 7) is 0. The molecule has 1 aliphatic carbocycles. The number of ether oxygens (including phenoxy) is 1. The molecule has 2 heterocycles. The molecule has 8 nitrogen and oxygen atoms in total. The Morgan fingerprint density at radius 2 is 1.57 bits per heavy atom. The minimum atomic E-state index is -1.67. The predicted octanol–water partition coefficient (Wildman–Crippen LogP) is 5.92. The second-order valence-corrected chi connectivity index (χ2v) is 10.7. The Kier molecular flexibility index (Phi) is 5.69. The number of hydrogen-bond acceptors (Lipinski definition) is 7. The number of carbonyl (C=O) groups excluding carboxylic acids is 3. The zero-order valence-corrected chi connectivity index (χ0v) is 22.5. The molecular weight excluding hydrogens is 532 g/mol. The topological polar surface area (TPSA) is 107 Å². The van der Waals surface area contributed by atoms with Gasteiger partial charge in [0.25, 0.3) is 5.69 Å². The normalized spacial score (nSPS) is 21.2. The van der Waals surface area contributed by atoms with Crippen molar-refractivity contribution >= 4 is 34.8 Å². The maximum Gasteiger partial charge on any atom is 0.270 e. The van der Waals surface area contributed by atoms with Gasteiger partial charge in [-0.25, -0.2) is 0 Å². The summed E-state index contributed by atoms with van der Waals surface area (Å²) in [5.74, 6) is -1.53. The van der Waals surface area contributed by atoms with E-state index >= 15 is 0 Å². The molecule has 0 N–H and O–H groups in total. The van der Waals surface area contributed by atoms with Gasteiger partial charge in [0.2, 0.25) is 0 Å². The fourth-order valence-electron chi connectivity index (χ4n) is 7.07. The highest BCUT2D eigenvalue weighted by Crippen LogP contribution is 2.61. The van der Waals surface area contributed by atoms with Gasteiger partial charge < -0.3 is 9.64 Å². The van der Waals surface area contributed by atoms with Crippen LogP contribution in [0.2, 0.25) is 0 Å². The van der Waals surface area contributed by atoms with E-state index in [1.54, 1.807) is 48.5 Å². The van der Waals surface area contributed by atoms with Gasteiger partial charge in [0, 0.05) is 40.4 Å². The molecule has 0 radical (unpaired) electrons. The first-order chi connectivity index (χ1) is 20.4. The number of ketones is 3. The molecule has 206 valence electrons. The molecule has 0 aromatic heterocycles. The summed E-state index contributed by atoms with van der Waals surface area (Å²) in [6, 6.07) is 25.2. The lowest BCUT2D eigenvalue weighted by atomic mass is 9.64. The van der Waals surface area contributed by atoms with Crippen molar-refractivity contribution in [3.8, 4) is 5.75 Å². The number of nitro benzene ring substituents is 1. The number of anilines is 1. The van der Waals surface area contributed by atoms with Gasteiger partial charge in [0.05, 0.1) is 18.1 Å². The molecule has 1 spiro atoms. The Bertz CT molecular complexity index is 1830. The number of methoxy groups -OCH3 is 1. The molecule has 0 amide bonds. The van der Waals surface area contributed by atoms with Gasteiger partial charge in [-0.05, 0) is 29.3 Å². The zero-order valence-electron chi connectivity index (χ0n) is 22.5. The number of rotatable bonds is 5. The molecule has 1 fully saturated rings. The molecule has 4 aromatic carbocycles. The third-order valence-electron chi connectivity index (χ3n) is 8.78. The van der Waals surface area contributed by atoms with Gasteiger partial charge >= 0.3 is 0 Å². The van der Waals surface area contributed by atoms with Gasteiger partial charge in [-0.2, -0.15) is 0 Å². The van der Waals surface area contributed by atoms with E-state index < -0.39 is 34.1 Å². The van der Waals surface area contributed by atoms with Crippen LogP contribution >= 0.6 is 0 Å². The van der Waals surface area contributed by atoms with E-state index in [0.29, 0.717) is 28.1 Å². The predicted molar refractivity (Wildman–Crippen MR) is 156 cm³/mol. The van der Waals surface area contributed by atoms with E-state index in [1.165, 1.54) is 31.4 Å². The summed E-state index contributed by atoms with van der Waals surface area (Å²) in [4.78, 5) is 57.0. The highest BCUT2D eigenvalue weighted by Gasteiger charge is 2.71. The van der Waals surface area contributed by atoms with Crippen molar-refractivity contribution in [2.24, 2.45) is 5.41 Å². The molecular formula is C34H24N2O6. The van der Waals surface area contributed by atoms with Gasteiger partial charge in [-0.1, -0.05) is 78.9 Å². The summed E-state index contributed by atoms with van der Waals surface area (Å²) in [5.41, 5.74) is 1.02. The van der Waals surface area contributed by atoms with E-state index in [-0.39, 0.29) is 22.8 Å². The number of hydrogen-bond donors (Lipinski definition) is 0. The second-order valence-electron chi connectivity index (χ2n) is 10.7. The fourth-order valence-corrected chi connectivity index (χ4v) is 7.07. The van der Waals surface area contributed by atoms with Crippen molar-refractivity contribution < 1.29 is 24.0 Å². The third-order valence-corrected chi connectivity index (χ3v) is 8.78. The molecule has 0 saturated carbocycles. The van der Waals surface area contributed by atoms with Crippen LogP contribution < -0.4 is 9.64 Å². The van der Waals surface area contributed by atoms with Gasteiger partial charge in [0.1, 0.15) is 17.2 Å². The van der Waals surface area contributed by atoms with Crippen LogP contribution in [0.3, 0.4) is 0 Å². The van der Waals surface area contributed by atoms with Crippen LogP contribution in [0, 0.1) is 15.5 Å². The van der Waals surface area contributed by atoms with Crippen LogP contribution in [0.25, 0.3) is 6.08 Å². The van der Waals surface area contributed by atoms with E-state index in [1.807, 2.05) is 41.3 Å². The van der Waals surface area contributed by atoms with Crippen molar-refractivity contribution in [3.63, 3.8) is 0 Å². The molecule has 2 aliphatic heterocycles. The summed E-state index contributed by atoms with van der Waals surface area (Å²) < 4.78 is 5.52. The molecule has 3 unspecified atom stereocenters. The molecule has 0 bridgehead atoms. The molecule has 3 aliphatic rings. The average molecular weight is 557 g/mol. The van der Waals surface area contributed by atoms with Crippen LogP contribution in [0.4, 0.5) is 11.4 Å². The third kappa shape index (κ3) is 3.38. The Hall–Kier alpha value is -5.37. The zero-order chi connectivity index (χ0) is 29.2. The van der Waals surface area contributed by atoms with Crippen molar-refractivity contribution in [3.05, 3.63) is 141 Å². The quantitative estimate of drug-likeness (QED) is 0.130. The maximum absolute atomic E-state index is 14.7. The van der Waals surface area contributed by atoms with Crippen LogP contribution in [0.5, 0.6) is 5.75 Å². The fraction of sp³-hybridized carbons (Fsp3) is 0.147. The SMILES string of the molecule is COc1cccc(C2C(C(=O)c3cccc([N+](=O)[O-])c3)N3c4ccccc4C=CC3C23C(=O)c2ccccc2C3=O)c1. The van der Waals surface area contributed by atoms with Gasteiger partial charge in [-0.15, -0.1) is 0 Å². The first-order valence-electron chi connectivity index (χ1n) is 13.5. The molecule has 7 rings (SSSR count). The lowest BCUT2D eigenvalue weighted by molar-refractivity contribution is -0.384. The minimum absolute atomic E-state index is 0.125. The number of nitro groups is 1. The van der Waals surface area contributed by atoms with E-state index in [9.17, 15) is 24.5 Å². The number of non-ortho nitro benzene ring substituents is 1. The number of carbonyl (C=O) groups is 3. The summed E-state index contributed by atoms with van der Waals surface area (Å²) in [7, 11) is 1.53. The number of para-hydroxylation sites is 1. The van der Waals surface area contributed by atoms with Gasteiger partial charge in [-0.3, -0.25) is 24.5 Å². The van der Waals surface area contributed by atoms with Crippen molar-refractivity contribution in [2.45, 2.75) is 18.0 Å². The van der Waals surface area contributed by atoms with Crippen LogP contribution in [-0.4, -0.2) is 41.5 Å². The van der Waals surface area contributed by atoms with Crippen LogP contribution in [-0.2, 0) is 0 Å². The summed E-state index contributed by atoms with van der Waals surface area (Å²) >= 11 is 0. The lowest BCUT2D eigenvalue weighted by Crippen LogP contribution is -2.48. The Balaban J connectivity index is 1.54. The largest absolute Gasteiger partial charge is 0.497 e. The Labute approximate surface area is 241 Å². The first-order valence-corrected chi connectivity index (χ1v) is 13.5. The number of benzene rings is 4. The highest BCUT2D eigenvalue weighted by molar-refractivity contribution is 6.32. The monoisotopic (exact) mass is 556 g/mol. The Morgan fingerprint density at radius 3 is 2.29 bits per heavy atom. The molecule has 1 saturated heterocycles. The van der Waals surface area contributed by atoms with Crippen LogP contribution in [0.15, 0.2) is 103 Å². The van der Waals surface area contributed by atoms with E-state index in [2.05, 4.69) is 0 Å². The first kappa shape index (κ1) is 25.6. The van der Waals surface area contributed by atoms with E-state index in [4.69, 9.17) is 4.74 Å². The maximum atomic E-state index is 14.7. The standard InChI is InChI=1S/C34H24N2O6/c1-42-24-12-7-9-21(19-24)29-30(31(37)22-10-6-11-23(18-22)36(40)41)35-27-15-5-2-8-20(27)16-17-28(35)34(29)32(38)25-13-3-4-14-26(25)33(34)39/h2-19,28-30H,1H3. The lowest BCUT2D eigenvalue weighted by Gasteiger charge is -2.37. The Morgan fingerprint density at radius 1 is 0.881 bits per heavy atom. The van der Waals surface area contributed by atoms with Crippen molar-refractivity contribution in [1.82, 2.24) is 0 Å². The molecule has 3 atom stereocenters. The molecule has 4 aromatic rings. The van der Waals surface area contributed by atoms with Gasteiger partial charge in [0.15, 0.2) is 17.3 Å². The summed E-state index contributed by atoms with van der Waals surface area (Å²) in [5, 5.41) is 11.6. The minimum Gasteiger partial charge on any atom is -0.497 e. The smallest absolute Gasteiger partial charge is 0.270 e. The summed E-state index contributed by atoms with van der Waals surface area (Å²) in [6.07, 6.45) is 3.74. The highest BCUT2D eigenvalue weighted by atomic mass is 16.6.